The van der Waals surface area contributed by atoms with Gasteiger partial charge in [0.05, 0.1) is 7.11 Å². The second-order valence-electron chi connectivity index (χ2n) is 2.02. The first-order valence-corrected chi connectivity index (χ1v) is 3.39. The molecule has 1 fully saturated rings. The van der Waals surface area contributed by atoms with E-state index in [1.807, 2.05) is 0 Å². The van der Waals surface area contributed by atoms with Gasteiger partial charge >= 0.3 is 5.97 Å². The lowest BCUT2D eigenvalue weighted by Crippen LogP contribution is -1.88. The predicted molar refractivity (Wildman–Crippen MR) is 37.7 cm³/mol. The lowest BCUT2D eigenvalue weighted by molar-refractivity contribution is -0.137. The molecule has 0 aliphatic carbocycles. The number of hydrogen-bond acceptors (Lipinski definition) is 3. The van der Waals surface area contributed by atoms with Gasteiger partial charge in [0.25, 0.3) is 0 Å². The van der Waals surface area contributed by atoms with E-state index in [1.54, 1.807) is 0 Å². The molecule has 0 aromatic rings. The van der Waals surface area contributed by atoms with Crippen molar-refractivity contribution >= 4 is 5.97 Å². The van der Waals surface area contributed by atoms with Gasteiger partial charge in [0.1, 0.15) is 0 Å². The predicted octanol–water partition coefficient (Wildman–Crippen LogP) is 0.976. The van der Waals surface area contributed by atoms with Crippen molar-refractivity contribution in [1.29, 1.82) is 0 Å². The van der Waals surface area contributed by atoms with Crippen LogP contribution in [0.1, 0.15) is 19.8 Å². The Hall–Kier alpha value is -0.570. The highest BCUT2D eigenvalue weighted by Crippen LogP contribution is 1.98. The van der Waals surface area contributed by atoms with Crippen molar-refractivity contribution in [3.05, 3.63) is 0 Å². The number of carbonyl (C=O) groups is 1. The minimum Gasteiger partial charge on any atom is -0.469 e. The zero-order valence-electron chi connectivity index (χ0n) is 6.55. The number of hydrogen-bond donors (Lipinski definition) is 0. The third-order valence-corrected chi connectivity index (χ3v) is 1.11. The summed E-state index contributed by atoms with van der Waals surface area (Å²) in [6.07, 6.45) is 2.56. The van der Waals surface area contributed by atoms with Crippen molar-refractivity contribution in [2.24, 2.45) is 0 Å². The summed E-state index contributed by atoms with van der Waals surface area (Å²) in [5.74, 6) is -0.245. The molecule has 3 nitrogen and oxygen atoms in total. The lowest BCUT2D eigenvalue weighted by atomic mass is 10.4. The van der Waals surface area contributed by atoms with Crippen LogP contribution in [0, 0.1) is 0 Å². The van der Waals surface area contributed by atoms with Gasteiger partial charge in [-0.2, -0.15) is 0 Å². The van der Waals surface area contributed by atoms with E-state index in [4.69, 9.17) is 4.74 Å². The van der Waals surface area contributed by atoms with Gasteiger partial charge in [0.2, 0.25) is 0 Å². The van der Waals surface area contributed by atoms with E-state index in [2.05, 4.69) is 4.74 Å². The second kappa shape index (κ2) is 6.55. The molecule has 0 aromatic heterocycles. The smallest absolute Gasteiger partial charge is 0.302 e. The summed E-state index contributed by atoms with van der Waals surface area (Å²) >= 11 is 0. The Bertz CT molecular complexity index is 79.2. The van der Waals surface area contributed by atoms with Crippen molar-refractivity contribution in [1.82, 2.24) is 0 Å². The summed E-state index contributed by atoms with van der Waals surface area (Å²) < 4.78 is 9.06. The van der Waals surface area contributed by atoms with Gasteiger partial charge < -0.3 is 9.47 Å². The van der Waals surface area contributed by atoms with Gasteiger partial charge in [0, 0.05) is 20.1 Å². The van der Waals surface area contributed by atoms with Crippen LogP contribution in [0.5, 0.6) is 0 Å². The minimum absolute atomic E-state index is 0.245. The van der Waals surface area contributed by atoms with Gasteiger partial charge in [-0.05, 0) is 12.8 Å². The molecule has 0 atom stereocenters. The van der Waals surface area contributed by atoms with E-state index in [-0.39, 0.29) is 5.97 Å². The van der Waals surface area contributed by atoms with E-state index in [0.29, 0.717) is 0 Å². The Morgan fingerprint density at radius 3 is 1.90 bits per heavy atom. The lowest BCUT2D eigenvalue weighted by Gasteiger charge is -1.80. The number of rotatable bonds is 0. The highest BCUT2D eigenvalue weighted by Gasteiger charge is 1.94. The summed E-state index contributed by atoms with van der Waals surface area (Å²) in [7, 11) is 1.35. The minimum atomic E-state index is -0.245. The van der Waals surface area contributed by atoms with E-state index < -0.39 is 0 Å². The molecule has 0 spiro atoms. The Balaban J connectivity index is 0.000000162. The normalized spacial score (nSPS) is 15.4. The molecule has 0 saturated carbocycles. The zero-order chi connectivity index (χ0) is 7.82. The third-order valence-electron chi connectivity index (χ3n) is 1.11. The number of ether oxygens (including phenoxy) is 2. The Morgan fingerprint density at radius 1 is 1.40 bits per heavy atom. The first-order valence-electron chi connectivity index (χ1n) is 3.39. The molecule has 1 aliphatic rings. The summed E-state index contributed by atoms with van der Waals surface area (Å²) in [6.45, 7) is 3.36. The molecule has 0 bridgehead atoms. The van der Waals surface area contributed by atoms with Crippen LogP contribution in [0.4, 0.5) is 0 Å². The molecule has 0 radical (unpaired) electrons. The maximum atomic E-state index is 9.59. The molecule has 10 heavy (non-hydrogen) atoms. The van der Waals surface area contributed by atoms with Crippen molar-refractivity contribution in [3.63, 3.8) is 0 Å². The van der Waals surface area contributed by atoms with E-state index >= 15 is 0 Å². The number of carbonyl (C=O) groups excluding carboxylic acids is 1. The standard InChI is InChI=1S/C4H8O.C3H6O2/c1-2-4-5-3-1;1-3(4)5-2/h1-4H2;1-2H3. The maximum Gasteiger partial charge on any atom is 0.302 e. The Morgan fingerprint density at radius 2 is 1.80 bits per heavy atom. The molecule has 60 valence electrons. The fraction of sp³-hybridized carbons (Fsp3) is 0.857. The van der Waals surface area contributed by atoms with E-state index in [0.717, 1.165) is 13.2 Å². The largest absolute Gasteiger partial charge is 0.469 e. The van der Waals surface area contributed by atoms with Crippen molar-refractivity contribution in [2.75, 3.05) is 20.3 Å². The first-order chi connectivity index (χ1) is 4.77. The Labute approximate surface area is 61.3 Å². The van der Waals surface area contributed by atoms with Crippen LogP contribution in [0.2, 0.25) is 0 Å². The number of methoxy groups -OCH3 is 1. The van der Waals surface area contributed by atoms with Crippen LogP contribution in [0.15, 0.2) is 0 Å². The second-order valence-corrected chi connectivity index (χ2v) is 2.02. The monoisotopic (exact) mass is 146 g/mol. The van der Waals surface area contributed by atoms with Crippen LogP contribution in [0.3, 0.4) is 0 Å². The molecule has 0 N–H and O–H groups in total. The molecular formula is C7H14O3. The molecule has 0 unspecified atom stereocenters. The van der Waals surface area contributed by atoms with Gasteiger partial charge in [-0.3, -0.25) is 4.79 Å². The number of esters is 1. The van der Waals surface area contributed by atoms with Gasteiger partial charge in [-0.15, -0.1) is 0 Å². The molecular weight excluding hydrogens is 132 g/mol. The summed E-state index contributed by atoms with van der Waals surface area (Å²) in [4.78, 5) is 9.59. The summed E-state index contributed by atoms with van der Waals surface area (Å²) in [5, 5.41) is 0. The maximum absolute atomic E-state index is 9.59. The molecule has 1 aliphatic heterocycles. The highest BCUT2D eigenvalue weighted by molar-refractivity contribution is 5.65. The quantitative estimate of drug-likeness (QED) is 0.478. The van der Waals surface area contributed by atoms with Crippen molar-refractivity contribution in [3.8, 4) is 0 Å². The molecule has 1 rings (SSSR count). The van der Waals surface area contributed by atoms with Gasteiger partial charge in [-0.1, -0.05) is 0 Å². The van der Waals surface area contributed by atoms with Crippen molar-refractivity contribution < 1.29 is 14.3 Å². The van der Waals surface area contributed by atoms with Gasteiger partial charge in [0.15, 0.2) is 0 Å². The fourth-order valence-electron chi connectivity index (χ4n) is 0.510. The zero-order valence-corrected chi connectivity index (χ0v) is 6.55. The molecule has 1 saturated heterocycles. The fourth-order valence-corrected chi connectivity index (χ4v) is 0.510. The van der Waals surface area contributed by atoms with Crippen LogP contribution < -0.4 is 0 Å². The Kier molecular flexibility index (Phi) is 6.18. The topological polar surface area (TPSA) is 35.5 Å². The summed E-state index contributed by atoms with van der Waals surface area (Å²) in [5.41, 5.74) is 0. The van der Waals surface area contributed by atoms with Crippen LogP contribution in [0.25, 0.3) is 0 Å². The van der Waals surface area contributed by atoms with Crippen LogP contribution in [-0.2, 0) is 14.3 Å². The van der Waals surface area contributed by atoms with E-state index in [9.17, 15) is 4.79 Å². The molecule has 3 heteroatoms. The van der Waals surface area contributed by atoms with Crippen LogP contribution in [-0.4, -0.2) is 26.3 Å². The summed E-state index contributed by atoms with van der Waals surface area (Å²) in [6, 6.07) is 0. The van der Waals surface area contributed by atoms with Gasteiger partial charge in [-0.25, -0.2) is 0 Å². The molecule has 0 amide bonds. The third kappa shape index (κ3) is 7.43. The van der Waals surface area contributed by atoms with E-state index in [1.165, 1.54) is 26.9 Å². The molecule has 0 aromatic carbocycles. The highest BCUT2D eigenvalue weighted by atomic mass is 16.5. The molecule has 1 heterocycles. The average Bonchev–Trinajstić information content (AvgIpc) is 2.43. The average molecular weight is 146 g/mol. The SMILES string of the molecule is C1CCOC1.COC(C)=O. The van der Waals surface area contributed by atoms with Crippen molar-refractivity contribution in [2.45, 2.75) is 19.8 Å². The van der Waals surface area contributed by atoms with Crippen LogP contribution >= 0.6 is 0 Å². The first kappa shape index (κ1) is 9.43.